The monoisotopic (exact) mass is 249 g/mol. The van der Waals surface area contributed by atoms with Crippen LogP contribution < -0.4 is 0 Å². The molecular formula is C15H20FNO. The molecule has 0 heterocycles. The summed E-state index contributed by atoms with van der Waals surface area (Å²) in [6, 6.07) is 5.43. The number of carbonyl (C=O) groups excluding carboxylic acids is 1. The second-order valence-electron chi connectivity index (χ2n) is 5.26. The van der Waals surface area contributed by atoms with E-state index in [2.05, 4.69) is 11.9 Å². The van der Waals surface area contributed by atoms with E-state index in [1.54, 1.807) is 6.07 Å². The highest BCUT2D eigenvalue weighted by Crippen LogP contribution is 2.22. The van der Waals surface area contributed by atoms with Crippen LogP contribution >= 0.6 is 0 Å². The molecule has 0 N–H and O–H groups in total. The summed E-state index contributed by atoms with van der Waals surface area (Å²) in [6.45, 7) is 2.77. The number of carbonyl (C=O) groups is 1. The number of ketones is 1. The summed E-state index contributed by atoms with van der Waals surface area (Å²) in [4.78, 5) is 13.5. The molecule has 1 saturated carbocycles. The fourth-order valence-corrected chi connectivity index (χ4v) is 2.60. The standard InChI is InChI=1S/C15H20FNO/c1-11-9-13(16)4-3-12(11)10-17(2)14-5-7-15(18)8-6-14/h3-4,9,14H,5-8,10H2,1-2H3. The number of rotatable bonds is 3. The summed E-state index contributed by atoms with van der Waals surface area (Å²) in [5, 5.41) is 0. The molecule has 1 aromatic rings. The van der Waals surface area contributed by atoms with Crippen LogP contribution in [0.5, 0.6) is 0 Å². The van der Waals surface area contributed by atoms with Crippen molar-refractivity contribution in [2.75, 3.05) is 7.05 Å². The molecule has 0 unspecified atom stereocenters. The summed E-state index contributed by atoms with van der Waals surface area (Å²) in [5.74, 6) is 0.208. The maximum Gasteiger partial charge on any atom is 0.133 e. The van der Waals surface area contributed by atoms with Crippen molar-refractivity contribution < 1.29 is 9.18 Å². The van der Waals surface area contributed by atoms with Crippen LogP contribution in [0.3, 0.4) is 0 Å². The molecule has 1 aliphatic rings. The Morgan fingerprint density at radius 1 is 1.33 bits per heavy atom. The van der Waals surface area contributed by atoms with Crippen molar-refractivity contribution in [1.29, 1.82) is 0 Å². The lowest BCUT2D eigenvalue weighted by Gasteiger charge is -2.31. The van der Waals surface area contributed by atoms with Gasteiger partial charge in [-0.15, -0.1) is 0 Å². The zero-order valence-corrected chi connectivity index (χ0v) is 11.1. The summed E-state index contributed by atoms with van der Waals surface area (Å²) in [7, 11) is 2.09. The highest BCUT2D eigenvalue weighted by atomic mass is 19.1. The summed E-state index contributed by atoms with van der Waals surface area (Å²) in [6.07, 6.45) is 3.32. The SMILES string of the molecule is Cc1cc(F)ccc1CN(C)C1CCC(=O)CC1. The topological polar surface area (TPSA) is 20.3 Å². The van der Waals surface area contributed by atoms with Gasteiger partial charge in [-0.2, -0.15) is 0 Å². The van der Waals surface area contributed by atoms with Crippen LogP contribution in [0.2, 0.25) is 0 Å². The van der Waals surface area contributed by atoms with Crippen LogP contribution in [0.15, 0.2) is 18.2 Å². The average Bonchev–Trinajstić information content (AvgIpc) is 2.33. The van der Waals surface area contributed by atoms with Crippen molar-refractivity contribution in [3.63, 3.8) is 0 Å². The van der Waals surface area contributed by atoms with E-state index in [4.69, 9.17) is 0 Å². The Balaban J connectivity index is 1.98. The van der Waals surface area contributed by atoms with E-state index in [-0.39, 0.29) is 5.82 Å². The van der Waals surface area contributed by atoms with Crippen LogP contribution in [0.4, 0.5) is 4.39 Å². The number of halogens is 1. The van der Waals surface area contributed by atoms with Gasteiger partial charge in [0.15, 0.2) is 0 Å². The van der Waals surface area contributed by atoms with Gasteiger partial charge in [-0.25, -0.2) is 4.39 Å². The number of hydrogen-bond acceptors (Lipinski definition) is 2. The Hall–Kier alpha value is -1.22. The molecule has 1 aromatic carbocycles. The molecule has 0 amide bonds. The molecule has 0 radical (unpaired) electrons. The third-order valence-electron chi connectivity index (χ3n) is 3.86. The largest absolute Gasteiger partial charge is 0.300 e. The Kier molecular flexibility index (Phi) is 4.12. The third kappa shape index (κ3) is 3.16. The molecule has 2 rings (SSSR count). The molecule has 0 bridgehead atoms. The molecular weight excluding hydrogens is 229 g/mol. The zero-order valence-electron chi connectivity index (χ0n) is 11.1. The highest BCUT2D eigenvalue weighted by molar-refractivity contribution is 5.79. The lowest BCUT2D eigenvalue weighted by atomic mass is 9.93. The minimum Gasteiger partial charge on any atom is -0.300 e. The van der Waals surface area contributed by atoms with Crippen molar-refractivity contribution in [3.8, 4) is 0 Å². The van der Waals surface area contributed by atoms with E-state index in [0.29, 0.717) is 24.7 Å². The molecule has 0 aliphatic heterocycles. The van der Waals surface area contributed by atoms with E-state index < -0.39 is 0 Å². The lowest BCUT2D eigenvalue weighted by Crippen LogP contribution is -2.35. The fraction of sp³-hybridized carbons (Fsp3) is 0.533. The Bertz CT molecular complexity index is 434. The number of hydrogen-bond donors (Lipinski definition) is 0. The summed E-state index contributed by atoms with van der Waals surface area (Å²) >= 11 is 0. The van der Waals surface area contributed by atoms with Gasteiger partial charge in [0.25, 0.3) is 0 Å². The molecule has 0 spiro atoms. The highest BCUT2D eigenvalue weighted by Gasteiger charge is 2.22. The van der Waals surface area contributed by atoms with Gasteiger partial charge in [0.2, 0.25) is 0 Å². The van der Waals surface area contributed by atoms with E-state index >= 15 is 0 Å². The van der Waals surface area contributed by atoms with Crippen molar-refractivity contribution in [3.05, 3.63) is 35.1 Å². The van der Waals surface area contributed by atoms with Gasteiger partial charge in [0.05, 0.1) is 0 Å². The van der Waals surface area contributed by atoms with Gasteiger partial charge in [0.1, 0.15) is 11.6 Å². The maximum atomic E-state index is 13.0. The van der Waals surface area contributed by atoms with Crippen LogP contribution in [0.1, 0.15) is 36.8 Å². The van der Waals surface area contributed by atoms with E-state index in [1.165, 1.54) is 6.07 Å². The van der Waals surface area contributed by atoms with E-state index in [9.17, 15) is 9.18 Å². The predicted molar refractivity (Wildman–Crippen MR) is 69.9 cm³/mol. The third-order valence-corrected chi connectivity index (χ3v) is 3.86. The van der Waals surface area contributed by atoms with Crippen LogP contribution in [-0.2, 0) is 11.3 Å². The zero-order chi connectivity index (χ0) is 13.1. The maximum absolute atomic E-state index is 13.0. The van der Waals surface area contributed by atoms with Gasteiger partial charge in [-0.05, 0) is 50.1 Å². The second-order valence-corrected chi connectivity index (χ2v) is 5.26. The lowest BCUT2D eigenvalue weighted by molar-refractivity contribution is -0.121. The van der Waals surface area contributed by atoms with Gasteiger partial charge >= 0.3 is 0 Å². The van der Waals surface area contributed by atoms with Crippen molar-refractivity contribution in [2.45, 2.75) is 45.2 Å². The smallest absolute Gasteiger partial charge is 0.133 e. The van der Waals surface area contributed by atoms with Crippen LogP contribution in [0.25, 0.3) is 0 Å². The molecule has 1 aliphatic carbocycles. The minimum absolute atomic E-state index is 0.179. The van der Waals surface area contributed by atoms with Gasteiger partial charge in [-0.3, -0.25) is 9.69 Å². The van der Waals surface area contributed by atoms with Crippen LogP contribution in [0, 0.1) is 12.7 Å². The average molecular weight is 249 g/mol. The molecule has 0 atom stereocenters. The molecule has 0 aromatic heterocycles. The minimum atomic E-state index is -0.179. The normalized spacial score (nSPS) is 17.4. The molecule has 98 valence electrons. The molecule has 1 fully saturated rings. The van der Waals surface area contributed by atoms with Crippen LogP contribution in [-0.4, -0.2) is 23.8 Å². The van der Waals surface area contributed by atoms with Crippen molar-refractivity contribution >= 4 is 5.78 Å². The number of Topliss-reactive ketones (excluding diaryl/α,β-unsaturated/α-hetero) is 1. The Morgan fingerprint density at radius 3 is 2.61 bits per heavy atom. The van der Waals surface area contributed by atoms with E-state index in [0.717, 1.165) is 30.5 Å². The molecule has 0 saturated heterocycles. The van der Waals surface area contributed by atoms with Gasteiger partial charge < -0.3 is 0 Å². The molecule has 3 heteroatoms. The Labute approximate surface area is 108 Å². The van der Waals surface area contributed by atoms with Gasteiger partial charge in [0, 0.05) is 25.4 Å². The fourth-order valence-electron chi connectivity index (χ4n) is 2.60. The van der Waals surface area contributed by atoms with Gasteiger partial charge in [-0.1, -0.05) is 6.07 Å². The first kappa shape index (κ1) is 13.2. The van der Waals surface area contributed by atoms with E-state index in [1.807, 2.05) is 13.0 Å². The predicted octanol–water partition coefficient (Wildman–Crippen LogP) is 3.08. The Morgan fingerprint density at radius 2 is 2.00 bits per heavy atom. The number of benzene rings is 1. The first-order valence-corrected chi connectivity index (χ1v) is 6.53. The first-order chi connectivity index (χ1) is 8.56. The van der Waals surface area contributed by atoms with Crippen molar-refractivity contribution in [1.82, 2.24) is 4.90 Å². The second kappa shape index (κ2) is 5.61. The quantitative estimate of drug-likeness (QED) is 0.820. The van der Waals surface area contributed by atoms with Crippen molar-refractivity contribution in [2.24, 2.45) is 0 Å². The summed E-state index contributed by atoms with van der Waals surface area (Å²) in [5.41, 5.74) is 2.16. The molecule has 2 nitrogen and oxygen atoms in total. The first-order valence-electron chi connectivity index (χ1n) is 6.53. The number of aryl methyl sites for hydroxylation is 1. The number of nitrogens with zero attached hydrogens (tertiary/aromatic N) is 1. The molecule has 18 heavy (non-hydrogen) atoms. The summed E-state index contributed by atoms with van der Waals surface area (Å²) < 4.78 is 13.0.